The molecule has 0 atom stereocenters. The lowest BCUT2D eigenvalue weighted by atomic mass is 9.99. The fourth-order valence-corrected chi connectivity index (χ4v) is 4.87. The first-order valence-corrected chi connectivity index (χ1v) is 12.4. The van der Waals surface area contributed by atoms with Crippen LogP contribution < -0.4 is 4.74 Å². The molecule has 1 aliphatic rings. The Morgan fingerprint density at radius 3 is 2.55 bits per heavy atom. The predicted octanol–water partition coefficient (Wildman–Crippen LogP) is 4.36. The van der Waals surface area contributed by atoms with Crippen LogP contribution in [0, 0.1) is 11.3 Å². The largest absolute Gasteiger partial charge is 0.481 e. The number of aryl methyl sites for hydroxylation is 1. The minimum Gasteiger partial charge on any atom is -0.481 e. The first kappa shape index (κ1) is 23.6. The van der Waals surface area contributed by atoms with Crippen molar-refractivity contribution in [3.8, 4) is 34.2 Å². The Balaban J connectivity index is 1.25. The van der Waals surface area contributed by atoms with Crippen molar-refractivity contribution < 1.29 is 4.74 Å². The van der Waals surface area contributed by atoms with Crippen LogP contribution in [-0.2, 0) is 13.6 Å². The van der Waals surface area contributed by atoms with E-state index in [1.54, 1.807) is 22.5 Å². The van der Waals surface area contributed by atoms with Gasteiger partial charge in [-0.15, -0.1) is 0 Å². The molecule has 0 spiro atoms. The monoisotopic (exact) mass is 502 g/mol. The molecule has 5 aromatic rings. The number of hydrogen-bond acceptors (Lipinski definition) is 7. The highest BCUT2D eigenvalue weighted by Crippen LogP contribution is 2.32. The molecule has 38 heavy (non-hydrogen) atoms. The zero-order valence-corrected chi connectivity index (χ0v) is 21.2. The van der Waals surface area contributed by atoms with Crippen LogP contribution in [0.25, 0.3) is 33.3 Å². The number of rotatable bonds is 6. The molecular weight excluding hydrogens is 476 g/mol. The summed E-state index contributed by atoms with van der Waals surface area (Å²) in [6.07, 6.45) is 14.3. The Morgan fingerprint density at radius 1 is 0.974 bits per heavy atom. The van der Waals surface area contributed by atoms with Crippen LogP contribution in [0.2, 0.25) is 0 Å². The van der Waals surface area contributed by atoms with Gasteiger partial charge >= 0.3 is 0 Å². The number of nitriles is 1. The highest BCUT2D eigenvalue weighted by molar-refractivity contribution is 5.87. The molecule has 0 radical (unpaired) electrons. The van der Waals surface area contributed by atoms with Gasteiger partial charge in [-0.3, -0.25) is 14.6 Å². The van der Waals surface area contributed by atoms with E-state index in [-0.39, 0.29) is 0 Å². The quantitative estimate of drug-likeness (QED) is 0.340. The van der Waals surface area contributed by atoms with Crippen LogP contribution in [0.4, 0.5) is 0 Å². The van der Waals surface area contributed by atoms with Crippen LogP contribution in [0.1, 0.15) is 23.2 Å². The van der Waals surface area contributed by atoms with Crippen molar-refractivity contribution in [2.45, 2.75) is 13.0 Å². The van der Waals surface area contributed by atoms with Gasteiger partial charge in [0.25, 0.3) is 0 Å². The van der Waals surface area contributed by atoms with Crippen LogP contribution in [-0.4, -0.2) is 54.5 Å². The number of nitrogens with zero attached hydrogens (tertiary/aromatic N) is 8. The van der Waals surface area contributed by atoms with E-state index < -0.39 is 0 Å². The summed E-state index contributed by atoms with van der Waals surface area (Å²) < 4.78 is 8.69. The average molecular weight is 503 g/mol. The summed E-state index contributed by atoms with van der Waals surface area (Å²) in [5, 5.41) is 18.4. The number of ether oxygens (including phenoxy) is 1. The normalized spacial score (nSPS) is 13.9. The van der Waals surface area contributed by atoms with E-state index in [9.17, 15) is 5.26 Å². The molecule has 9 heteroatoms. The zero-order valence-electron chi connectivity index (χ0n) is 21.2. The maximum atomic E-state index is 9.69. The Hall–Kier alpha value is -4.81. The van der Waals surface area contributed by atoms with E-state index >= 15 is 0 Å². The second-order valence-corrected chi connectivity index (χ2v) is 9.36. The predicted molar refractivity (Wildman–Crippen MR) is 144 cm³/mol. The molecule has 1 aliphatic heterocycles. The molecule has 0 aromatic carbocycles. The van der Waals surface area contributed by atoms with Crippen molar-refractivity contribution in [2.75, 3.05) is 20.2 Å². The van der Waals surface area contributed by atoms with Crippen molar-refractivity contribution in [3.63, 3.8) is 0 Å². The highest BCUT2D eigenvalue weighted by Gasteiger charge is 2.17. The third-order valence-corrected chi connectivity index (χ3v) is 6.88. The summed E-state index contributed by atoms with van der Waals surface area (Å²) in [5.74, 6) is 0.630. The second kappa shape index (κ2) is 9.92. The van der Waals surface area contributed by atoms with E-state index in [0.29, 0.717) is 11.4 Å². The van der Waals surface area contributed by atoms with Gasteiger partial charge in [-0.05, 0) is 29.7 Å². The van der Waals surface area contributed by atoms with Crippen molar-refractivity contribution in [2.24, 2.45) is 7.05 Å². The Labute approximate surface area is 220 Å². The number of hydrogen-bond donors (Lipinski definition) is 0. The summed E-state index contributed by atoms with van der Waals surface area (Å²) in [7, 11) is 3.52. The van der Waals surface area contributed by atoms with E-state index in [1.165, 1.54) is 11.1 Å². The molecule has 9 nitrogen and oxygen atoms in total. The lowest BCUT2D eigenvalue weighted by molar-refractivity contribution is 0.293. The third-order valence-electron chi connectivity index (χ3n) is 6.88. The van der Waals surface area contributed by atoms with Gasteiger partial charge in [0, 0.05) is 79.8 Å². The Morgan fingerprint density at radius 2 is 1.89 bits per heavy atom. The molecule has 0 fully saturated rings. The average Bonchev–Trinajstić information content (AvgIpc) is 3.59. The summed E-state index contributed by atoms with van der Waals surface area (Å²) in [4.78, 5) is 11.5. The Bertz CT molecular complexity index is 1670. The number of fused-ring (bicyclic) bond motifs is 1. The molecule has 0 saturated carbocycles. The number of methoxy groups -OCH3 is 1. The molecule has 188 valence electrons. The lowest BCUT2D eigenvalue weighted by Gasteiger charge is -2.26. The van der Waals surface area contributed by atoms with Gasteiger partial charge in [0.05, 0.1) is 36.3 Å². The lowest BCUT2D eigenvalue weighted by Crippen LogP contribution is -2.28. The highest BCUT2D eigenvalue weighted by atomic mass is 16.5. The van der Waals surface area contributed by atoms with Crippen LogP contribution in [0.3, 0.4) is 0 Å². The molecule has 0 amide bonds. The third kappa shape index (κ3) is 4.53. The van der Waals surface area contributed by atoms with Gasteiger partial charge in [-0.25, -0.2) is 9.50 Å². The van der Waals surface area contributed by atoms with Crippen molar-refractivity contribution >= 4 is 11.1 Å². The Kier molecular flexibility index (Phi) is 6.15. The molecule has 0 saturated heterocycles. The summed E-state index contributed by atoms with van der Waals surface area (Å²) in [6, 6.07) is 12.5. The summed E-state index contributed by atoms with van der Waals surface area (Å²) in [6.45, 7) is 2.67. The SMILES string of the molecule is COc1ccc(CN2CC=C(c3ccc(-c4cc(-c5cnn(C)c5)cn5ncc(C#N)c45)cn3)CC2)cn1. The summed E-state index contributed by atoms with van der Waals surface area (Å²) in [5.41, 5.74) is 8.50. The van der Waals surface area contributed by atoms with E-state index in [4.69, 9.17) is 9.72 Å². The van der Waals surface area contributed by atoms with E-state index in [1.807, 2.05) is 44.1 Å². The standard InChI is InChI=1S/C29H26N8O/c1-35-18-25(16-33-35)23-11-26(29-24(12-30)15-34-37(29)19-23)22-4-5-27(31-14-22)21-7-9-36(10-8-21)17-20-3-6-28(38-2)32-13-20/h3-7,11,13-16,18-19H,8-10,17H2,1-2H3. The fourth-order valence-electron chi connectivity index (χ4n) is 4.87. The zero-order chi connectivity index (χ0) is 26.1. The second-order valence-electron chi connectivity index (χ2n) is 9.36. The van der Waals surface area contributed by atoms with Crippen LogP contribution in [0.15, 0.2) is 73.6 Å². The first-order chi connectivity index (χ1) is 18.6. The van der Waals surface area contributed by atoms with Crippen molar-refractivity contribution in [1.82, 2.24) is 34.3 Å². The molecule has 0 bridgehead atoms. The number of aromatic nitrogens is 6. The molecule has 0 unspecified atom stereocenters. The molecule has 6 rings (SSSR count). The van der Waals surface area contributed by atoms with E-state index in [0.717, 1.165) is 59.5 Å². The van der Waals surface area contributed by atoms with Gasteiger partial charge in [-0.1, -0.05) is 18.2 Å². The van der Waals surface area contributed by atoms with Crippen molar-refractivity contribution in [3.05, 3.63) is 90.4 Å². The minimum atomic E-state index is 0.531. The van der Waals surface area contributed by atoms with Gasteiger partial charge in [-0.2, -0.15) is 15.5 Å². The molecule has 5 aromatic heterocycles. The molecular formula is C29H26N8O. The maximum absolute atomic E-state index is 9.69. The fraction of sp³-hybridized carbons (Fsp3) is 0.207. The number of pyridine rings is 3. The molecule has 6 heterocycles. The topological polar surface area (TPSA) is 97.2 Å². The first-order valence-electron chi connectivity index (χ1n) is 12.4. The van der Waals surface area contributed by atoms with E-state index in [2.05, 4.69) is 56.5 Å². The van der Waals surface area contributed by atoms with Crippen LogP contribution >= 0.6 is 0 Å². The minimum absolute atomic E-state index is 0.531. The summed E-state index contributed by atoms with van der Waals surface area (Å²) >= 11 is 0. The van der Waals surface area contributed by atoms with Gasteiger partial charge in [0.2, 0.25) is 5.88 Å². The molecule has 0 N–H and O–H groups in total. The molecule has 0 aliphatic carbocycles. The van der Waals surface area contributed by atoms with Gasteiger partial charge < -0.3 is 4.74 Å². The van der Waals surface area contributed by atoms with Crippen molar-refractivity contribution in [1.29, 1.82) is 5.26 Å². The maximum Gasteiger partial charge on any atom is 0.212 e. The van der Waals surface area contributed by atoms with Gasteiger partial charge in [0.15, 0.2) is 0 Å². The van der Waals surface area contributed by atoms with Gasteiger partial charge in [0.1, 0.15) is 6.07 Å². The smallest absolute Gasteiger partial charge is 0.212 e. The van der Waals surface area contributed by atoms with Crippen LogP contribution in [0.5, 0.6) is 5.88 Å².